The smallest absolute Gasteiger partial charge is 0.313 e. The molecule has 1 atom stereocenters. The normalized spacial score (nSPS) is 18.7. The molecule has 1 aliphatic heterocycles. The second kappa shape index (κ2) is 8.22. The van der Waals surface area contributed by atoms with Gasteiger partial charge in [0.2, 0.25) is 0 Å². The van der Waals surface area contributed by atoms with Gasteiger partial charge >= 0.3 is 5.97 Å². The number of hydrogen-bond acceptors (Lipinski definition) is 4. The third kappa shape index (κ3) is 4.04. The topological polar surface area (TPSA) is 95.9 Å². The van der Waals surface area contributed by atoms with Crippen LogP contribution in [0.2, 0.25) is 0 Å². The van der Waals surface area contributed by atoms with Gasteiger partial charge in [-0.15, -0.1) is 0 Å². The third-order valence-corrected chi connectivity index (χ3v) is 4.94. The van der Waals surface area contributed by atoms with Gasteiger partial charge in [0.05, 0.1) is 6.61 Å². The number of anilines is 1. The first kappa shape index (κ1) is 19.6. The lowest BCUT2D eigenvalue weighted by atomic mass is 9.88. The molecule has 0 saturated carbocycles. The van der Waals surface area contributed by atoms with Crippen LogP contribution in [0.3, 0.4) is 0 Å². The zero-order valence-corrected chi connectivity index (χ0v) is 15.6. The molecule has 0 aliphatic carbocycles. The van der Waals surface area contributed by atoms with Crippen LogP contribution in [-0.2, 0) is 9.53 Å². The monoisotopic (exact) mass is 382 g/mol. The summed E-state index contributed by atoms with van der Waals surface area (Å²) in [5.41, 5.74) is 0.462. The average molecular weight is 382 g/mol. The van der Waals surface area contributed by atoms with Crippen molar-refractivity contribution in [2.45, 2.75) is 6.42 Å². The number of methoxy groups -OCH3 is 1. The zero-order chi connectivity index (χ0) is 20.1. The summed E-state index contributed by atoms with van der Waals surface area (Å²) >= 11 is 0. The van der Waals surface area contributed by atoms with Gasteiger partial charge in [-0.05, 0) is 42.8 Å². The Morgan fingerprint density at radius 3 is 2.32 bits per heavy atom. The number of para-hydroxylation sites is 1. The summed E-state index contributed by atoms with van der Waals surface area (Å²) in [7, 11) is 1.45. The van der Waals surface area contributed by atoms with Crippen molar-refractivity contribution in [1.82, 2.24) is 4.90 Å². The van der Waals surface area contributed by atoms with Crippen molar-refractivity contribution in [3.8, 4) is 0 Å². The van der Waals surface area contributed by atoms with Crippen molar-refractivity contribution in [3.05, 3.63) is 65.7 Å². The Hall–Kier alpha value is -3.19. The van der Waals surface area contributed by atoms with Crippen molar-refractivity contribution < 1.29 is 24.2 Å². The van der Waals surface area contributed by atoms with Gasteiger partial charge in [0.25, 0.3) is 11.8 Å². The van der Waals surface area contributed by atoms with Crippen LogP contribution in [0.15, 0.2) is 54.6 Å². The number of rotatable bonds is 6. The molecule has 146 valence electrons. The fourth-order valence-corrected chi connectivity index (χ4v) is 3.35. The lowest BCUT2D eigenvalue weighted by Gasteiger charge is -2.23. The molecule has 7 nitrogen and oxygen atoms in total. The molecule has 0 aromatic heterocycles. The second-order valence-electron chi connectivity index (χ2n) is 6.89. The fraction of sp³-hybridized carbons (Fsp3) is 0.286. The number of carboxylic acids is 1. The van der Waals surface area contributed by atoms with E-state index in [9.17, 15) is 19.5 Å². The first-order valence-corrected chi connectivity index (χ1v) is 8.93. The standard InChI is InChI=1S/C21H22N2O5/c1-28-14-21(20(26)27)11-12-23(13-21)19(25)16-9-7-15(8-10-16)18(24)22-17-5-3-2-4-6-17/h2-10H,11-14H2,1H3,(H,22,24)(H,26,27). The Bertz CT molecular complexity index is 866. The highest BCUT2D eigenvalue weighted by atomic mass is 16.5. The van der Waals surface area contributed by atoms with Crippen LogP contribution >= 0.6 is 0 Å². The van der Waals surface area contributed by atoms with E-state index in [0.29, 0.717) is 29.8 Å². The van der Waals surface area contributed by atoms with E-state index in [1.807, 2.05) is 18.2 Å². The van der Waals surface area contributed by atoms with E-state index in [2.05, 4.69) is 5.32 Å². The first-order chi connectivity index (χ1) is 13.4. The second-order valence-corrected chi connectivity index (χ2v) is 6.89. The van der Waals surface area contributed by atoms with E-state index in [0.717, 1.165) is 0 Å². The molecule has 2 amide bonds. The average Bonchev–Trinajstić information content (AvgIpc) is 3.14. The molecule has 0 bridgehead atoms. The van der Waals surface area contributed by atoms with Gasteiger partial charge in [0.15, 0.2) is 0 Å². The van der Waals surface area contributed by atoms with E-state index in [1.54, 1.807) is 36.4 Å². The number of carboxylic acid groups (broad SMARTS) is 1. The molecular weight excluding hydrogens is 360 g/mol. The summed E-state index contributed by atoms with van der Waals surface area (Å²) < 4.78 is 5.05. The third-order valence-electron chi connectivity index (χ3n) is 4.94. The highest BCUT2D eigenvalue weighted by molar-refractivity contribution is 6.05. The quantitative estimate of drug-likeness (QED) is 0.800. The summed E-state index contributed by atoms with van der Waals surface area (Å²) in [6, 6.07) is 15.4. The minimum absolute atomic E-state index is 0.0602. The molecule has 28 heavy (non-hydrogen) atoms. The summed E-state index contributed by atoms with van der Waals surface area (Å²) in [5.74, 6) is -1.48. The Kier molecular flexibility index (Phi) is 5.75. The van der Waals surface area contributed by atoms with Crippen LogP contribution in [0.5, 0.6) is 0 Å². The highest BCUT2D eigenvalue weighted by Gasteiger charge is 2.46. The number of nitrogens with zero attached hydrogens (tertiary/aromatic N) is 1. The van der Waals surface area contributed by atoms with Gasteiger partial charge < -0.3 is 20.1 Å². The molecule has 0 spiro atoms. The van der Waals surface area contributed by atoms with E-state index in [1.165, 1.54) is 12.0 Å². The molecule has 1 unspecified atom stereocenters. The van der Waals surface area contributed by atoms with Gasteiger partial charge in [0, 0.05) is 37.0 Å². The molecule has 3 rings (SSSR count). The van der Waals surface area contributed by atoms with Crippen molar-refractivity contribution in [1.29, 1.82) is 0 Å². The number of aliphatic carboxylic acids is 1. The molecule has 2 N–H and O–H groups in total. The van der Waals surface area contributed by atoms with E-state index >= 15 is 0 Å². The molecule has 2 aromatic rings. The Morgan fingerprint density at radius 1 is 1.07 bits per heavy atom. The number of benzene rings is 2. The zero-order valence-electron chi connectivity index (χ0n) is 15.6. The van der Waals surface area contributed by atoms with Gasteiger partial charge in [0.1, 0.15) is 5.41 Å². The summed E-state index contributed by atoms with van der Waals surface area (Å²) in [4.78, 5) is 38.2. The Morgan fingerprint density at radius 2 is 1.71 bits per heavy atom. The number of carbonyl (C=O) groups is 3. The van der Waals surface area contributed by atoms with E-state index < -0.39 is 11.4 Å². The van der Waals surface area contributed by atoms with Crippen LogP contribution in [0, 0.1) is 5.41 Å². The largest absolute Gasteiger partial charge is 0.481 e. The van der Waals surface area contributed by atoms with Crippen LogP contribution in [0.25, 0.3) is 0 Å². The first-order valence-electron chi connectivity index (χ1n) is 8.93. The van der Waals surface area contributed by atoms with Gasteiger partial charge in [-0.25, -0.2) is 0 Å². The maximum Gasteiger partial charge on any atom is 0.313 e. The van der Waals surface area contributed by atoms with Gasteiger partial charge in [-0.1, -0.05) is 18.2 Å². The van der Waals surface area contributed by atoms with Crippen LogP contribution < -0.4 is 5.32 Å². The number of hydrogen-bond donors (Lipinski definition) is 2. The van der Waals surface area contributed by atoms with Crippen molar-refractivity contribution in [3.63, 3.8) is 0 Å². The number of amides is 2. The predicted molar refractivity (Wildman–Crippen MR) is 103 cm³/mol. The molecule has 1 saturated heterocycles. The van der Waals surface area contributed by atoms with Crippen molar-refractivity contribution in [2.75, 3.05) is 32.1 Å². The molecule has 1 heterocycles. The van der Waals surface area contributed by atoms with E-state index in [-0.39, 0.29) is 25.0 Å². The van der Waals surface area contributed by atoms with Crippen molar-refractivity contribution >= 4 is 23.5 Å². The summed E-state index contributed by atoms with van der Waals surface area (Å²) in [6.45, 7) is 0.515. The van der Waals surface area contributed by atoms with Gasteiger partial charge in [-0.3, -0.25) is 14.4 Å². The maximum atomic E-state index is 12.7. The predicted octanol–water partition coefficient (Wildman–Crippen LogP) is 2.50. The number of nitrogens with one attached hydrogen (secondary N) is 1. The molecular formula is C21H22N2O5. The van der Waals surface area contributed by atoms with Crippen LogP contribution in [0.1, 0.15) is 27.1 Å². The Balaban J connectivity index is 1.67. The van der Waals surface area contributed by atoms with Gasteiger partial charge in [-0.2, -0.15) is 0 Å². The molecule has 1 aliphatic rings. The lowest BCUT2D eigenvalue weighted by molar-refractivity contribution is -0.151. The maximum absolute atomic E-state index is 12.7. The van der Waals surface area contributed by atoms with E-state index in [4.69, 9.17) is 4.74 Å². The lowest BCUT2D eigenvalue weighted by Crippen LogP contribution is -2.40. The minimum atomic E-state index is -1.07. The van der Waals surface area contributed by atoms with Crippen LogP contribution in [-0.4, -0.2) is 54.6 Å². The van der Waals surface area contributed by atoms with Crippen molar-refractivity contribution in [2.24, 2.45) is 5.41 Å². The minimum Gasteiger partial charge on any atom is -0.481 e. The Labute approximate surface area is 162 Å². The number of ether oxygens (including phenoxy) is 1. The number of carbonyl (C=O) groups excluding carboxylic acids is 2. The SMILES string of the molecule is COCC1(C(=O)O)CCN(C(=O)c2ccc(C(=O)Nc3ccccc3)cc2)C1. The highest BCUT2D eigenvalue weighted by Crippen LogP contribution is 2.32. The molecule has 7 heteroatoms. The summed E-state index contributed by atoms with van der Waals surface area (Å²) in [5, 5.41) is 12.3. The molecule has 0 radical (unpaired) electrons. The number of likely N-dealkylation sites (tertiary alicyclic amines) is 1. The fourth-order valence-electron chi connectivity index (χ4n) is 3.35. The summed E-state index contributed by atoms with van der Waals surface area (Å²) in [6.07, 6.45) is 0.347. The molecule has 2 aromatic carbocycles. The van der Waals surface area contributed by atoms with Crippen LogP contribution in [0.4, 0.5) is 5.69 Å². The molecule has 1 fully saturated rings.